The van der Waals surface area contributed by atoms with Gasteiger partial charge in [0.15, 0.2) is 5.82 Å². The first-order valence-corrected chi connectivity index (χ1v) is 9.20. The van der Waals surface area contributed by atoms with Gasteiger partial charge in [-0.05, 0) is 55.8 Å². The number of hydrogen-bond donors (Lipinski definition) is 1. The molecule has 3 aromatic heterocycles. The second-order valence-electron chi connectivity index (χ2n) is 6.50. The van der Waals surface area contributed by atoms with Crippen molar-refractivity contribution < 1.29 is 4.74 Å². The molecule has 0 spiro atoms. The molecule has 146 valence electrons. The summed E-state index contributed by atoms with van der Waals surface area (Å²) in [6.07, 6.45) is 3.42. The summed E-state index contributed by atoms with van der Waals surface area (Å²) in [5.74, 6) is 1.40. The number of nitrogens with one attached hydrogen (secondary N) is 1. The predicted octanol–water partition coefficient (Wildman–Crippen LogP) is 3.27. The monoisotopic (exact) mass is 388 g/mol. The Balaban J connectivity index is 1.69. The summed E-state index contributed by atoms with van der Waals surface area (Å²) in [5.41, 5.74) is 2.71. The summed E-state index contributed by atoms with van der Waals surface area (Å²) in [7, 11) is 1.62. The number of methoxy groups -OCH3 is 1. The number of aromatic amines is 1. The lowest BCUT2D eigenvalue weighted by Crippen LogP contribution is -2.13. The van der Waals surface area contributed by atoms with Crippen molar-refractivity contribution in [2.24, 2.45) is 4.99 Å². The van der Waals surface area contributed by atoms with Crippen LogP contribution in [0.5, 0.6) is 5.75 Å². The van der Waals surface area contributed by atoms with Crippen molar-refractivity contribution in [3.63, 3.8) is 0 Å². The quantitative estimate of drug-likeness (QED) is 0.529. The van der Waals surface area contributed by atoms with Gasteiger partial charge in [-0.1, -0.05) is 0 Å². The van der Waals surface area contributed by atoms with Gasteiger partial charge in [0.1, 0.15) is 11.4 Å². The highest BCUT2D eigenvalue weighted by Crippen LogP contribution is 2.18. The minimum absolute atomic E-state index is 0.140. The maximum atomic E-state index is 13.0. The van der Waals surface area contributed by atoms with Crippen molar-refractivity contribution in [2.75, 3.05) is 7.11 Å². The van der Waals surface area contributed by atoms with Crippen molar-refractivity contribution >= 4 is 23.2 Å². The molecule has 0 amide bonds. The van der Waals surface area contributed by atoms with Gasteiger partial charge in [-0.3, -0.25) is 9.89 Å². The highest BCUT2D eigenvalue weighted by Gasteiger charge is 2.14. The van der Waals surface area contributed by atoms with Crippen molar-refractivity contribution in [3.8, 4) is 17.1 Å². The topological polar surface area (TPSA) is 98.0 Å². The second-order valence-corrected chi connectivity index (χ2v) is 6.50. The number of aliphatic imine (C=N–C) groups is 1. The molecule has 0 unspecified atom stereocenters. The number of nitrogens with zero attached hydrogens (tertiary/aromatic N) is 5. The second kappa shape index (κ2) is 7.67. The Bertz CT molecular complexity index is 1250. The van der Waals surface area contributed by atoms with Crippen molar-refractivity contribution in [1.82, 2.24) is 24.7 Å². The fraction of sp³-hybridized carbons (Fsp3) is 0.190. The fourth-order valence-corrected chi connectivity index (χ4v) is 3.02. The first-order valence-electron chi connectivity index (χ1n) is 9.20. The van der Waals surface area contributed by atoms with Crippen LogP contribution in [0.1, 0.15) is 18.2 Å². The summed E-state index contributed by atoms with van der Waals surface area (Å²) in [6.45, 7) is 4.58. The van der Waals surface area contributed by atoms with Crippen LogP contribution in [0.3, 0.4) is 0 Å². The van der Waals surface area contributed by atoms with Crippen LogP contribution in [-0.4, -0.2) is 38.1 Å². The Morgan fingerprint density at radius 3 is 2.69 bits per heavy atom. The normalized spacial score (nSPS) is 11.4. The number of benzene rings is 1. The van der Waals surface area contributed by atoms with Gasteiger partial charge in [0, 0.05) is 24.7 Å². The zero-order chi connectivity index (χ0) is 20.4. The molecular formula is C21H20N6O2. The molecule has 1 N–H and O–H groups in total. The average Bonchev–Trinajstić information content (AvgIpc) is 3.21. The van der Waals surface area contributed by atoms with E-state index in [1.54, 1.807) is 25.6 Å². The lowest BCUT2D eigenvalue weighted by molar-refractivity contribution is 0.415. The number of fused-ring (bicyclic) bond motifs is 1. The third kappa shape index (κ3) is 3.64. The van der Waals surface area contributed by atoms with Crippen LogP contribution in [0.4, 0.5) is 5.95 Å². The zero-order valence-electron chi connectivity index (χ0n) is 16.4. The average molecular weight is 388 g/mol. The largest absolute Gasteiger partial charge is 0.497 e. The molecule has 0 aliphatic heterocycles. The summed E-state index contributed by atoms with van der Waals surface area (Å²) in [4.78, 5) is 26.1. The number of rotatable bonds is 5. The first-order chi connectivity index (χ1) is 14.1. The Labute approximate surface area is 166 Å². The molecular weight excluding hydrogens is 368 g/mol. The number of H-pyrrole nitrogens is 1. The van der Waals surface area contributed by atoms with Crippen LogP contribution in [-0.2, 0) is 6.54 Å². The van der Waals surface area contributed by atoms with E-state index in [9.17, 15) is 4.79 Å². The SMILES string of the molecule is CCn1cc(-c2nc(N=Cc3ccc(OC)cc3)n[nH]2)c(=O)c2ccc(C)nc21. The van der Waals surface area contributed by atoms with Crippen LogP contribution in [0.25, 0.3) is 22.4 Å². The van der Waals surface area contributed by atoms with E-state index < -0.39 is 0 Å². The molecule has 29 heavy (non-hydrogen) atoms. The highest BCUT2D eigenvalue weighted by atomic mass is 16.5. The minimum atomic E-state index is -0.140. The van der Waals surface area contributed by atoms with Crippen LogP contribution >= 0.6 is 0 Å². The Hall–Kier alpha value is -3.81. The van der Waals surface area contributed by atoms with Crippen LogP contribution in [0.2, 0.25) is 0 Å². The lowest BCUT2D eigenvalue weighted by atomic mass is 10.1. The van der Waals surface area contributed by atoms with Gasteiger partial charge in [-0.25, -0.2) is 9.98 Å². The van der Waals surface area contributed by atoms with E-state index in [-0.39, 0.29) is 11.4 Å². The zero-order valence-corrected chi connectivity index (χ0v) is 16.4. The van der Waals surface area contributed by atoms with Gasteiger partial charge in [0.2, 0.25) is 5.43 Å². The number of aryl methyl sites for hydroxylation is 2. The van der Waals surface area contributed by atoms with Crippen molar-refractivity contribution in [1.29, 1.82) is 0 Å². The Morgan fingerprint density at radius 1 is 1.17 bits per heavy atom. The third-order valence-corrected chi connectivity index (χ3v) is 4.57. The van der Waals surface area contributed by atoms with Gasteiger partial charge in [0.25, 0.3) is 5.95 Å². The number of aromatic nitrogens is 5. The van der Waals surface area contributed by atoms with E-state index >= 15 is 0 Å². The van der Waals surface area contributed by atoms with E-state index in [1.807, 2.05) is 48.7 Å². The molecule has 8 heteroatoms. The van der Waals surface area contributed by atoms with Crippen LogP contribution in [0.15, 0.2) is 52.4 Å². The first kappa shape index (κ1) is 18.5. The van der Waals surface area contributed by atoms with Crippen molar-refractivity contribution in [2.45, 2.75) is 20.4 Å². The molecule has 0 saturated carbocycles. The number of ether oxygens (including phenoxy) is 1. The molecule has 4 rings (SSSR count). The van der Waals surface area contributed by atoms with Gasteiger partial charge in [0.05, 0.1) is 18.1 Å². The standard InChI is InChI=1S/C21H20N6O2/c1-4-27-12-17(18(28)16-10-5-13(2)23-20(16)27)19-24-21(26-25-19)22-11-14-6-8-15(29-3)9-7-14/h5-12H,4H2,1-3H3,(H,24,25,26). The predicted molar refractivity (Wildman–Crippen MR) is 112 cm³/mol. The van der Waals surface area contributed by atoms with Gasteiger partial charge in [-0.15, -0.1) is 5.10 Å². The van der Waals surface area contributed by atoms with Gasteiger partial charge in [-0.2, -0.15) is 4.98 Å². The molecule has 1 aromatic carbocycles. The molecule has 3 heterocycles. The van der Waals surface area contributed by atoms with Crippen LogP contribution < -0.4 is 10.2 Å². The van der Waals surface area contributed by atoms with E-state index in [0.717, 1.165) is 17.0 Å². The Kier molecular flexibility index (Phi) is 4.90. The van der Waals surface area contributed by atoms with E-state index in [2.05, 4.69) is 25.2 Å². The summed E-state index contributed by atoms with van der Waals surface area (Å²) in [6, 6.07) is 11.1. The summed E-state index contributed by atoms with van der Waals surface area (Å²) >= 11 is 0. The molecule has 4 aromatic rings. The maximum Gasteiger partial charge on any atom is 0.268 e. The third-order valence-electron chi connectivity index (χ3n) is 4.57. The van der Waals surface area contributed by atoms with Crippen LogP contribution in [0, 0.1) is 6.92 Å². The summed E-state index contributed by atoms with van der Waals surface area (Å²) in [5, 5.41) is 7.48. The lowest BCUT2D eigenvalue weighted by Gasteiger charge is -2.10. The van der Waals surface area contributed by atoms with E-state index in [1.165, 1.54) is 0 Å². The smallest absolute Gasteiger partial charge is 0.268 e. The van der Waals surface area contributed by atoms with Gasteiger partial charge < -0.3 is 9.30 Å². The van der Waals surface area contributed by atoms with Crippen molar-refractivity contribution in [3.05, 3.63) is 64.1 Å². The highest BCUT2D eigenvalue weighted by molar-refractivity contribution is 5.82. The number of hydrogen-bond acceptors (Lipinski definition) is 6. The molecule has 0 atom stereocenters. The molecule has 0 radical (unpaired) electrons. The van der Waals surface area contributed by atoms with Gasteiger partial charge >= 0.3 is 0 Å². The molecule has 8 nitrogen and oxygen atoms in total. The van der Waals surface area contributed by atoms with E-state index in [0.29, 0.717) is 29.0 Å². The minimum Gasteiger partial charge on any atom is -0.497 e. The Morgan fingerprint density at radius 2 is 1.97 bits per heavy atom. The summed E-state index contributed by atoms with van der Waals surface area (Å²) < 4.78 is 7.07. The molecule has 0 aliphatic rings. The van der Waals surface area contributed by atoms with E-state index in [4.69, 9.17) is 4.74 Å². The molecule has 0 aliphatic carbocycles. The molecule has 0 bridgehead atoms. The molecule has 0 fully saturated rings. The molecule has 0 saturated heterocycles. The fourth-order valence-electron chi connectivity index (χ4n) is 3.02. The number of pyridine rings is 2. The maximum absolute atomic E-state index is 13.0.